The summed E-state index contributed by atoms with van der Waals surface area (Å²) in [5, 5.41) is 1.71. The van der Waals surface area contributed by atoms with Gasteiger partial charge in [0, 0.05) is 13.5 Å². The largest absolute Gasteiger partial charge is 0.385 e. The first-order chi connectivity index (χ1) is 12.0. The highest BCUT2D eigenvalue weighted by molar-refractivity contribution is 7.53. The number of fused-ring (bicyclic) bond motifs is 1. The molecule has 0 bridgehead atoms. The van der Waals surface area contributed by atoms with E-state index in [1.165, 1.54) is 6.34 Å². The monoisotopic (exact) mass is 372 g/mol. The first kappa shape index (κ1) is 18.5. The molecule has 1 saturated heterocycles. The van der Waals surface area contributed by atoms with Crippen LogP contribution < -0.4 is 5.73 Å². The zero-order chi connectivity index (χ0) is 18.0. The summed E-state index contributed by atoms with van der Waals surface area (Å²) in [7, 11) is -1.33. The predicted molar refractivity (Wildman–Crippen MR) is 94.8 cm³/mol. The third-order valence-electron chi connectivity index (χ3n) is 4.37. The molecular formula is C14H25N6O4P. The number of hydrogen-bond acceptors (Lipinski definition) is 10. The van der Waals surface area contributed by atoms with Crippen LogP contribution in [0.2, 0.25) is 0 Å². The van der Waals surface area contributed by atoms with E-state index in [9.17, 15) is 4.57 Å². The second-order valence-electron chi connectivity index (χ2n) is 6.01. The Labute approximate surface area is 147 Å². The maximum Gasteiger partial charge on any atom is 0.332 e. The number of hydroxylamine groups is 2. The fourth-order valence-electron chi connectivity index (χ4n) is 3.20. The molecule has 10 nitrogen and oxygen atoms in total. The lowest BCUT2D eigenvalue weighted by atomic mass is 10.1. The molecule has 0 radical (unpaired) electrons. The van der Waals surface area contributed by atoms with Gasteiger partial charge in [0.15, 0.2) is 12.4 Å². The van der Waals surface area contributed by atoms with Gasteiger partial charge in [-0.3, -0.25) is 14.4 Å². The number of hydrogen-bond donors (Lipinski definition) is 1. The molecule has 3 aliphatic rings. The quantitative estimate of drug-likeness (QED) is 0.653. The van der Waals surface area contributed by atoms with Crippen LogP contribution in [0.5, 0.6) is 0 Å². The van der Waals surface area contributed by atoms with Crippen molar-refractivity contribution in [3.63, 3.8) is 0 Å². The van der Waals surface area contributed by atoms with Gasteiger partial charge in [-0.15, -0.1) is 0 Å². The molecule has 4 atom stereocenters. The van der Waals surface area contributed by atoms with Gasteiger partial charge >= 0.3 is 7.60 Å². The van der Waals surface area contributed by atoms with E-state index in [2.05, 4.69) is 15.0 Å². The van der Waals surface area contributed by atoms with E-state index in [4.69, 9.17) is 19.6 Å². The van der Waals surface area contributed by atoms with Gasteiger partial charge < -0.3 is 19.7 Å². The van der Waals surface area contributed by atoms with Crippen LogP contribution >= 0.6 is 7.60 Å². The van der Waals surface area contributed by atoms with Gasteiger partial charge in [0.1, 0.15) is 18.2 Å². The Morgan fingerprint density at radius 1 is 1.36 bits per heavy atom. The Bertz CT molecular complexity index is 616. The van der Waals surface area contributed by atoms with E-state index in [1.807, 2.05) is 11.9 Å². The smallest absolute Gasteiger partial charge is 0.332 e. The predicted octanol–water partition coefficient (Wildman–Crippen LogP) is 0.652. The molecule has 140 valence electrons. The number of amidine groups is 1. The minimum atomic E-state index is -3.15. The fraction of sp³-hybridized carbons (Fsp3) is 0.786. The molecule has 0 aliphatic carbocycles. The summed E-state index contributed by atoms with van der Waals surface area (Å²) in [4.78, 5) is 20.6. The normalized spacial score (nSPS) is 32.3. The zero-order valence-electron chi connectivity index (χ0n) is 14.7. The Hall–Kier alpha value is -1.32. The zero-order valence-corrected chi connectivity index (χ0v) is 15.6. The number of nitrogens with zero attached hydrogens (tertiary/aromatic N) is 5. The molecule has 11 heteroatoms. The highest BCUT2D eigenvalue weighted by atomic mass is 31.2. The van der Waals surface area contributed by atoms with E-state index in [0.717, 1.165) is 0 Å². The summed E-state index contributed by atoms with van der Waals surface area (Å²) in [6, 6.07) is -0.379. The second-order valence-corrected chi connectivity index (χ2v) is 8.12. The van der Waals surface area contributed by atoms with Crippen LogP contribution in [0, 0.1) is 0 Å². The topological polar surface area (TPSA) is 114 Å². The van der Waals surface area contributed by atoms with Gasteiger partial charge in [0.05, 0.1) is 31.8 Å². The highest BCUT2D eigenvalue weighted by Crippen LogP contribution is 2.50. The molecule has 3 rings (SSSR count). The lowest BCUT2D eigenvalue weighted by molar-refractivity contribution is -0.173. The van der Waals surface area contributed by atoms with Crippen molar-refractivity contribution in [1.82, 2.24) is 9.96 Å². The molecule has 2 N–H and O–H groups in total. The molecule has 0 aromatic rings. The highest BCUT2D eigenvalue weighted by Gasteiger charge is 2.45. The summed E-state index contributed by atoms with van der Waals surface area (Å²) >= 11 is 0. The summed E-state index contributed by atoms with van der Waals surface area (Å²) < 4.78 is 23.6. The maximum absolute atomic E-state index is 12.8. The number of nitrogens with two attached hydrogens (primary N) is 1. The Morgan fingerprint density at radius 2 is 2.08 bits per heavy atom. The van der Waals surface area contributed by atoms with E-state index in [1.54, 1.807) is 25.2 Å². The van der Waals surface area contributed by atoms with Gasteiger partial charge in [-0.1, -0.05) is 0 Å². The second kappa shape index (κ2) is 7.51. The molecule has 3 heterocycles. The van der Waals surface area contributed by atoms with Crippen LogP contribution in [-0.2, 0) is 18.5 Å². The van der Waals surface area contributed by atoms with Crippen LogP contribution in [0.3, 0.4) is 0 Å². The lowest BCUT2D eigenvalue weighted by Crippen LogP contribution is -2.47. The summed E-state index contributed by atoms with van der Waals surface area (Å²) in [5.41, 5.74) is 5.88. The van der Waals surface area contributed by atoms with Crippen LogP contribution in [-0.4, -0.2) is 79.4 Å². The first-order valence-electron chi connectivity index (χ1n) is 8.40. The summed E-state index contributed by atoms with van der Waals surface area (Å²) in [6.45, 7) is 4.29. The van der Waals surface area contributed by atoms with Crippen LogP contribution in [0.1, 0.15) is 20.3 Å². The van der Waals surface area contributed by atoms with Gasteiger partial charge in [-0.2, -0.15) is 5.06 Å². The van der Waals surface area contributed by atoms with Crippen LogP contribution in [0.15, 0.2) is 15.0 Å². The maximum atomic E-state index is 12.8. The summed E-state index contributed by atoms with van der Waals surface area (Å²) in [5.74, 6) is 0.443. The number of aliphatic imine (C=N–C) groups is 3. The van der Waals surface area contributed by atoms with E-state index in [0.29, 0.717) is 25.5 Å². The third-order valence-corrected chi connectivity index (χ3v) is 6.54. The van der Waals surface area contributed by atoms with Crippen LogP contribution in [0.25, 0.3) is 0 Å². The summed E-state index contributed by atoms with van der Waals surface area (Å²) in [6.07, 6.45) is 3.53. The van der Waals surface area contributed by atoms with Crippen molar-refractivity contribution in [2.75, 3.05) is 26.4 Å². The van der Waals surface area contributed by atoms with Crippen molar-refractivity contribution in [2.24, 2.45) is 20.7 Å². The fourth-order valence-corrected chi connectivity index (χ4v) is 5.16. The molecule has 25 heavy (non-hydrogen) atoms. The van der Waals surface area contributed by atoms with Gasteiger partial charge in [-0.25, -0.2) is 9.98 Å². The van der Waals surface area contributed by atoms with Gasteiger partial charge in [0.25, 0.3) is 0 Å². The van der Waals surface area contributed by atoms with Crippen molar-refractivity contribution in [3.8, 4) is 0 Å². The van der Waals surface area contributed by atoms with Crippen molar-refractivity contribution in [1.29, 1.82) is 0 Å². The van der Waals surface area contributed by atoms with E-state index in [-0.39, 0.29) is 30.6 Å². The lowest BCUT2D eigenvalue weighted by Gasteiger charge is -2.29. The van der Waals surface area contributed by atoms with Crippen molar-refractivity contribution >= 4 is 26.1 Å². The molecule has 0 aromatic heterocycles. The number of rotatable bonds is 7. The average Bonchev–Trinajstić information content (AvgIpc) is 3.13. The molecule has 4 unspecified atom stereocenters. The SMILES string of the molecule is CCOP(=O)(CC1CC(N2C=NC3C(N)=NC=NC32)ON1C)OCC. The molecular weight excluding hydrogens is 347 g/mol. The molecule has 1 fully saturated rings. The molecule has 0 aromatic carbocycles. The molecule has 0 saturated carbocycles. The van der Waals surface area contributed by atoms with Crippen molar-refractivity contribution in [3.05, 3.63) is 0 Å². The average molecular weight is 372 g/mol. The van der Waals surface area contributed by atoms with Gasteiger partial charge in [-0.05, 0) is 13.8 Å². The minimum Gasteiger partial charge on any atom is -0.385 e. The molecule has 3 aliphatic heterocycles. The van der Waals surface area contributed by atoms with E-state index >= 15 is 0 Å². The standard InChI is InChI=1S/C14H25N6O4P/c1-4-22-25(21,23-5-2)7-10-6-11(24-19(10)3)20-9-18-12-13(15)16-8-17-14(12)20/h8-12,14H,4-7H2,1-3H3,(H2,15,16,17). The minimum absolute atomic E-state index is 0.0973. The van der Waals surface area contributed by atoms with Crippen molar-refractivity contribution in [2.45, 2.75) is 44.7 Å². The molecule has 0 spiro atoms. The first-order valence-corrected chi connectivity index (χ1v) is 10.1. The van der Waals surface area contributed by atoms with Gasteiger partial charge in [0.2, 0.25) is 0 Å². The van der Waals surface area contributed by atoms with Crippen molar-refractivity contribution < 1.29 is 18.5 Å². The van der Waals surface area contributed by atoms with Crippen LogP contribution in [0.4, 0.5) is 0 Å². The molecule has 0 amide bonds. The Kier molecular flexibility index (Phi) is 5.55. The van der Waals surface area contributed by atoms with E-state index < -0.39 is 7.60 Å². The Balaban J connectivity index is 1.66. The Morgan fingerprint density at radius 3 is 2.76 bits per heavy atom. The third kappa shape index (κ3) is 3.78.